The molecule has 0 saturated carbocycles. The van der Waals surface area contributed by atoms with Gasteiger partial charge < -0.3 is 10.1 Å². The second-order valence-electron chi connectivity index (χ2n) is 4.11. The van der Waals surface area contributed by atoms with E-state index in [0.717, 1.165) is 17.9 Å². The van der Waals surface area contributed by atoms with Gasteiger partial charge >= 0.3 is 5.69 Å². The van der Waals surface area contributed by atoms with Crippen molar-refractivity contribution in [1.82, 2.24) is 0 Å². The van der Waals surface area contributed by atoms with Gasteiger partial charge in [-0.1, -0.05) is 13.0 Å². The molecule has 0 aromatic heterocycles. The van der Waals surface area contributed by atoms with Crippen LogP contribution in [0.5, 0.6) is 0 Å². The van der Waals surface area contributed by atoms with E-state index in [0.29, 0.717) is 24.2 Å². The lowest BCUT2D eigenvalue weighted by molar-refractivity contribution is -0.386. The monoisotopic (exact) mass is 268 g/mol. The molecule has 5 nitrogen and oxygen atoms in total. The molecule has 0 bridgehead atoms. The fraction of sp³-hybridized carbons (Fsp3) is 0.500. The first kappa shape index (κ1) is 13.2. The highest BCUT2D eigenvalue weighted by atomic mass is 32.2. The van der Waals surface area contributed by atoms with E-state index in [1.54, 1.807) is 12.1 Å². The third-order valence-corrected chi connectivity index (χ3v) is 3.84. The quantitative estimate of drug-likeness (QED) is 0.635. The Kier molecular flexibility index (Phi) is 4.43. The van der Waals surface area contributed by atoms with Crippen molar-refractivity contribution in [2.24, 2.45) is 0 Å². The highest BCUT2D eigenvalue weighted by Crippen LogP contribution is 2.39. The zero-order valence-corrected chi connectivity index (χ0v) is 11.0. The van der Waals surface area contributed by atoms with Gasteiger partial charge in [0.2, 0.25) is 0 Å². The van der Waals surface area contributed by atoms with E-state index in [1.807, 2.05) is 13.0 Å². The lowest BCUT2D eigenvalue weighted by Crippen LogP contribution is -2.30. The Morgan fingerprint density at radius 3 is 2.89 bits per heavy atom. The average molecular weight is 268 g/mol. The predicted molar refractivity (Wildman–Crippen MR) is 72.3 cm³/mol. The van der Waals surface area contributed by atoms with Crippen LogP contribution in [0.15, 0.2) is 23.1 Å². The smallest absolute Gasteiger partial charge is 0.305 e. The Morgan fingerprint density at radius 1 is 1.56 bits per heavy atom. The molecule has 1 aliphatic rings. The number of rotatable bonds is 6. The standard InChI is InChI=1S/C12H16N2O3S/c1-2-6-13-10-4-3-5-11(12(10)14(15)16)18-9-7-17-8-9/h3-5,9,13H,2,6-8H2,1H3. The average Bonchev–Trinajstić information content (AvgIpc) is 2.30. The van der Waals surface area contributed by atoms with Gasteiger partial charge in [-0.15, -0.1) is 11.8 Å². The van der Waals surface area contributed by atoms with Crippen LogP contribution in [-0.4, -0.2) is 29.9 Å². The minimum absolute atomic E-state index is 0.183. The van der Waals surface area contributed by atoms with Gasteiger partial charge in [0.25, 0.3) is 0 Å². The molecule has 0 aliphatic carbocycles. The summed E-state index contributed by atoms with van der Waals surface area (Å²) in [6.45, 7) is 4.12. The molecular formula is C12H16N2O3S. The summed E-state index contributed by atoms with van der Waals surface area (Å²) < 4.78 is 5.10. The Hall–Kier alpha value is -1.27. The summed E-state index contributed by atoms with van der Waals surface area (Å²) in [4.78, 5) is 11.6. The molecule has 1 fully saturated rings. The van der Waals surface area contributed by atoms with E-state index >= 15 is 0 Å². The van der Waals surface area contributed by atoms with Crippen molar-refractivity contribution in [3.8, 4) is 0 Å². The molecule has 0 radical (unpaired) electrons. The van der Waals surface area contributed by atoms with E-state index in [4.69, 9.17) is 4.74 Å². The Morgan fingerprint density at radius 2 is 2.33 bits per heavy atom. The topological polar surface area (TPSA) is 64.4 Å². The van der Waals surface area contributed by atoms with Gasteiger partial charge in [-0.05, 0) is 18.6 Å². The summed E-state index contributed by atoms with van der Waals surface area (Å²) in [5, 5.41) is 14.7. The molecule has 0 atom stereocenters. The molecule has 0 amide bonds. The largest absolute Gasteiger partial charge is 0.379 e. The number of hydrogen-bond acceptors (Lipinski definition) is 5. The van der Waals surface area contributed by atoms with Crippen LogP contribution in [0.4, 0.5) is 11.4 Å². The Bertz CT molecular complexity index is 435. The maximum Gasteiger partial charge on any atom is 0.305 e. The second-order valence-corrected chi connectivity index (χ2v) is 5.46. The summed E-state index contributed by atoms with van der Waals surface area (Å²) in [7, 11) is 0. The number of benzene rings is 1. The Balaban J connectivity index is 2.23. The number of thioether (sulfide) groups is 1. The summed E-state index contributed by atoms with van der Waals surface area (Å²) in [5.41, 5.74) is 0.787. The minimum atomic E-state index is -0.306. The first-order valence-electron chi connectivity index (χ1n) is 5.98. The zero-order valence-electron chi connectivity index (χ0n) is 10.2. The highest BCUT2D eigenvalue weighted by molar-refractivity contribution is 8.00. The van der Waals surface area contributed by atoms with Crippen molar-refractivity contribution in [3.63, 3.8) is 0 Å². The summed E-state index contributed by atoms with van der Waals surface area (Å²) in [5.74, 6) is 0. The normalized spacial score (nSPS) is 15.2. The van der Waals surface area contributed by atoms with Crippen LogP contribution in [0.2, 0.25) is 0 Å². The molecule has 0 unspecified atom stereocenters. The molecule has 1 aromatic carbocycles. The van der Waals surface area contributed by atoms with Gasteiger partial charge in [-0.2, -0.15) is 0 Å². The van der Waals surface area contributed by atoms with Gasteiger partial charge in [0.1, 0.15) is 5.69 Å². The fourth-order valence-electron chi connectivity index (χ4n) is 1.67. The second kappa shape index (κ2) is 6.06. The Labute approximate surface area is 110 Å². The SMILES string of the molecule is CCCNc1cccc(SC2COC2)c1[N+](=O)[O-]. The third-order valence-electron chi connectivity index (χ3n) is 2.65. The van der Waals surface area contributed by atoms with Crippen molar-refractivity contribution in [2.45, 2.75) is 23.5 Å². The van der Waals surface area contributed by atoms with E-state index in [2.05, 4.69) is 5.32 Å². The minimum Gasteiger partial charge on any atom is -0.379 e. The van der Waals surface area contributed by atoms with Crippen molar-refractivity contribution in [2.75, 3.05) is 25.1 Å². The molecule has 1 N–H and O–H groups in total. The zero-order chi connectivity index (χ0) is 13.0. The van der Waals surface area contributed by atoms with Gasteiger partial charge in [0.15, 0.2) is 0 Å². The van der Waals surface area contributed by atoms with Crippen molar-refractivity contribution >= 4 is 23.1 Å². The number of hydrogen-bond donors (Lipinski definition) is 1. The lowest BCUT2D eigenvalue weighted by Gasteiger charge is -2.25. The van der Waals surface area contributed by atoms with Crippen LogP contribution in [0.3, 0.4) is 0 Å². The molecule has 1 saturated heterocycles. The number of para-hydroxylation sites is 1. The van der Waals surface area contributed by atoms with Crippen molar-refractivity contribution in [1.29, 1.82) is 0 Å². The number of nitrogens with one attached hydrogen (secondary N) is 1. The third kappa shape index (κ3) is 2.94. The van der Waals surface area contributed by atoms with Crippen LogP contribution in [0.25, 0.3) is 0 Å². The van der Waals surface area contributed by atoms with Gasteiger partial charge in [-0.3, -0.25) is 10.1 Å². The van der Waals surface area contributed by atoms with E-state index in [9.17, 15) is 10.1 Å². The molecule has 1 heterocycles. The fourth-order valence-corrected chi connectivity index (χ4v) is 2.81. The molecule has 1 aromatic rings. The first-order chi connectivity index (χ1) is 8.72. The molecule has 0 spiro atoms. The molecule has 6 heteroatoms. The highest BCUT2D eigenvalue weighted by Gasteiger charge is 2.26. The van der Waals surface area contributed by atoms with Gasteiger partial charge in [0.05, 0.1) is 28.3 Å². The number of nitro benzene ring substituents is 1. The summed E-state index contributed by atoms with van der Waals surface area (Å²) in [6.07, 6.45) is 0.936. The maximum atomic E-state index is 11.2. The lowest BCUT2D eigenvalue weighted by atomic mass is 10.2. The van der Waals surface area contributed by atoms with Crippen LogP contribution < -0.4 is 5.32 Å². The summed E-state index contributed by atoms with van der Waals surface area (Å²) >= 11 is 1.53. The molecule has 18 heavy (non-hydrogen) atoms. The molecule has 98 valence electrons. The van der Waals surface area contributed by atoms with Crippen molar-refractivity contribution < 1.29 is 9.66 Å². The van der Waals surface area contributed by atoms with Gasteiger partial charge in [0, 0.05) is 6.54 Å². The number of nitrogens with zero attached hydrogens (tertiary/aromatic N) is 1. The molecular weight excluding hydrogens is 252 g/mol. The maximum absolute atomic E-state index is 11.2. The van der Waals surface area contributed by atoms with Crippen LogP contribution in [0.1, 0.15) is 13.3 Å². The van der Waals surface area contributed by atoms with Crippen LogP contribution in [0, 0.1) is 10.1 Å². The van der Waals surface area contributed by atoms with Crippen LogP contribution >= 0.6 is 11.8 Å². The molecule has 2 rings (SSSR count). The van der Waals surface area contributed by atoms with E-state index in [1.165, 1.54) is 11.8 Å². The molecule has 1 aliphatic heterocycles. The number of anilines is 1. The predicted octanol–water partition coefficient (Wildman–Crippen LogP) is 2.91. The van der Waals surface area contributed by atoms with Crippen molar-refractivity contribution in [3.05, 3.63) is 28.3 Å². The number of nitro groups is 1. The van der Waals surface area contributed by atoms with E-state index in [-0.39, 0.29) is 10.6 Å². The first-order valence-corrected chi connectivity index (χ1v) is 6.86. The summed E-state index contributed by atoms with van der Waals surface area (Å²) in [6, 6.07) is 5.42. The number of ether oxygens (including phenoxy) is 1. The van der Waals surface area contributed by atoms with E-state index < -0.39 is 0 Å². The van der Waals surface area contributed by atoms with Crippen LogP contribution in [-0.2, 0) is 4.74 Å². The van der Waals surface area contributed by atoms with Gasteiger partial charge in [-0.25, -0.2) is 0 Å².